The van der Waals surface area contributed by atoms with Crippen LogP contribution in [0.15, 0.2) is 11.1 Å². The molecule has 58 valence electrons. The minimum Gasteiger partial charge on any atom is -0.157 e. The summed E-state index contributed by atoms with van der Waals surface area (Å²) in [5.41, 5.74) is 3.34. The predicted octanol–water partition coefficient (Wildman–Crippen LogP) is 3.10. The number of hydrogen-bond acceptors (Lipinski definition) is 1. The standard InChI is InChI=1S/C9H16S/c1-7(2)8(3)9-4-5-10-6-9/h7H,4-6H2,1-3H3/b9-8+. The molecule has 1 aliphatic heterocycles. The van der Waals surface area contributed by atoms with Gasteiger partial charge < -0.3 is 0 Å². The fourth-order valence-electron chi connectivity index (χ4n) is 1.18. The van der Waals surface area contributed by atoms with Crippen LogP contribution in [0.2, 0.25) is 0 Å². The lowest BCUT2D eigenvalue weighted by atomic mass is 9.99. The summed E-state index contributed by atoms with van der Waals surface area (Å²) in [6, 6.07) is 0. The van der Waals surface area contributed by atoms with Crippen molar-refractivity contribution in [1.82, 2.24) is 0 Å². The molecule has 0 amide bonds. The number of rotatable bonds is 1. The van der Waals surface area contributed by atoms with Gasteiger partial charge in [0.05, 0.1) is 0 Å². The Bertz CT molecular complexity index is 137. The lowest BCUT2D eigenvalue weighted by molar-refractivity contribution is 0.752. The Morgan fingerprint density at radius 3 is 2.60 bits per heavy atom. The molecule has 0 N–H and O–H groups in total. The van der Waals surface area contributed by atoms with E-state index in [9.17, 15) is 0 Å². The third-order valence-electron chi connectivity index (χ3n) is 2.25. The Hall–Kier alpha value is 0.0900. The summed E-state index contributed by atoms with van der Waals surface area (Å²) in [5.74, 6) is 3.40. The van der Waals surface area contributed by atoms with E-state index in [0.29, 0.717) is 0 Å². The van der Waals surface area contributed by atoms with Crippen molar-refractivity contribution >= 4 is 11.8 Å². The third kappa shape index (κ3) is 1.79. The maximum atomic E-state index is 2.28. The van der Waals surface area contributed by atoms with Gasteiger partial charge in [-0.15, -0.1) is 0 Å². The minimum atomic E-state index is 0.758. The van der Waals surface area contributed by atoms with Gasteiger partial charge in [0.25, 0.3) is 0 Å². The Morgan fingerprint density at radius 1 is 1.50 bits per heavy atom. The Kier molecular flexibility index (Phi) is 2.84. The van der Waals surface area contributed by atoms with E-state index >= 15 is 0 Å². The molecular formula is C9H16S. The smallest absolute Gasteiger partial charge is 0.0146 e. The van der Waals surface area contributed by atoms with Crippen LogP contribution in [-0.4, -0.2) is 11.5 Å². The zero-order valence-corrected chi connectivity index (χ0v) is 7.92. The first-order valence-corrected chi connectivity index (χ1v) is 5.13. The van der Waals surface area contributed by atoms with Crippen molar-refractivity contribution in [3.63, 3.8) is 0 Å². The molecule has 0 radical (unpaired) electrons. The zero-order valence-electron chi connectivity index (χ0n) is 7.11. The number of hydrogen-bond donors (Lipinski definition) is 0. The summed E-state index contributed by atoms with van der Waals surface area (Å²) in [6.07, 6.45) is 1.34. The SMILES string of the molecule is C/C(=C1/CCSC1)C(C)C. The highest BCUT2D eigenvalue weighted by molar-refractivity contribution is 7.99. The fraction of sp³-hybridized carbons (Fsp3) is 0.778. The molecule has 0 bridgehead atoms. The van der Waals surface area contributed by atoms with Gasteiger partial charge >= 0.3 is 0 Å². The summed E-state index contributed by atoms with van der Waals surface area (Å²) in [7, 11) is 0. The van der Waals surface area contributed by atoms with Gasteiger partial charge in [0.2, 0.25) is 0 Å². The van der Waals surface area contributed by atoms with Crippen LogP contribution in [0.3, 0.4) is 0 Å². The van der Waals surface area contributed by atoms with Crippen LogP contribution in [0.25, 0.3) is 0 Å². The topological polar surface area (TPSA) is 0 Å². The molecule has 0 aliphatic carbocycles. The summed E-state index contributed by atoms with van der Waals surface area (Å²) in [4.78, 5) is 0. The molecule has 0 atom stereocenters. The van der Waals surface area contributed by atoms with E-state index in [2.05, 4.69) is 32.5 Å². The molecule has 1 aliphatic rings. The van der Waals surface area contributed by atoms with Crippen LogP contribution in [0.4, 0.5) is 0 Å². The maximum absolute atomic E-state index is 2.28. The van der Waals surface area contributed by atoms with E-state index < -0.39 is 0 Å². The highest BCUT2D eigenvalue weighted by Crippen LogP contribution is 2.28. The van der Waals surface area contributed by atoms with E-state index in [1.807, 2.05) is 0 Å². The van der Waals surface area contributed by atoms with Gasteiger partial charge in [-0.2, -0.15) is 11.8 Å². The van der Waals surface area contributed by atoms with Gasteiger partial charge in [0, 0.05) is 5.75 Å². The summed E-state index contributed by atoms with van der Waals surface area (Å²) in [5, 5.41) is 0. The van der Waals surface area contributed by atoms with Crippen molar-refractivity contribution in [3.05, 3.63) is 11.1 Å². The first-order chi connectivity index (χ1) is 4.72. The minimum absolute atomic E-state index is 0.758. The van der Waals surface area contributed by atoms with Gasteiger partial charge in [-0.25, -0.2) is 0 Å². The van der Waals surface area contributed by atoms with Gasteiger partial charge in [-0.3, -0.25) is 0 Å². The first-order valence-electron chi connectivity index (χ1n) is 3.98. The molecular weight excluding hydrogens is 140 g/mol. The van der Waals surface area contributed by atoms with E-state index in [4.69, 9.17) is 0 Å². The highest BCUT2D eigenvalue weighted by Gasteiger charge is 2.11. The van der Waals surface area contributed by atoms with E-state index in [1.54, 1.807) is 11.1 Å². The molecule has 1 heterocycles. The van der Waals surface area contributed by atoms with Crippen molar-refractivity contribution in [2.24, 2.45) is 5.92 Å². The lowest BCUT2D eigenvalue weighted by Gasteiger charge is -2.08. The monoisotopic (exact) mass is 156 g/mol. The van der Waals surface area contributed by atoms with E-state index in [-0.39, 0.29) is 0 Å². The van der Waals surface area contributed by atoms with E-state index in [1.165, 1.54) is 17.9 Å². The molecule has 1 saturated heterocycles. The summed E-state index contributed by atoms with van der Waals surface area (Å²) < 4.78 is 0. The molecule has 1 fully saturated rings. The second-order valence-electron chi connectivity index (χ2n) is 3.24. The molecule has 10 heavy (non-hydrogen) atoms. The van der Waals surface area contributed by atoms with Gasteiger partial charge in [0.1, 0.15) is 0 Å². The van der Waals surface area contributed by atoms with Crippen LogP contribution < -0.4 is 0 Å². The van der Waals surface area contributed by atoms with Crippen LogP contribution in [0, 0.1) is 5.92 Å². The van der Waals surface area contributed by atoms with Crippen molar-refractivity contribution in [3.8, 4) is 0 Å². The highest BCUT2D eigenvalue weighted by atomic mass is 32.2. The predicted molar refractivity (Wildman–Crippen MR) is 49.5 cm³/mol. The van der Waals surface area contributed by atoms with Crippen LogP contribution in [0.5, 0.6) is 0 Å². The lowest BCUT2D eigenvalue weighted by Crippen LogP contribution is -1.94. The van der Waals surface area contributed by atoms with Crippen molar-refractivity contribution in [2.45, 2.75) is 27.2 Å². The average Bonchev–Trinajstić information content (AvgIpc) is 2.36. The molecule has 0 aromatic carbocycles. The van der Waals surface area contributed by atoms with Gasteiger partial charge in [-0.1, -0.05) is 25.0 Å². The molecule has 0 spiro atoms. The van der Waals surface area contributed by atoms with Crippen molar-refractivity contribution in [1.29, 1.82) is 0 Å². The normalized spacial score (nSPS) is 24.0. The van der Waals surface area contributed by atoms with Crippen LogP contribution in [-0.2, 0) is 0 Å². The zero-order chi connectivity index (χ0) is 7.56. The first kappa shape index (κ1) is 8.19. The Balaban J connectivity index is 2.63. The molecule has 1 heteroatoms. The van der Waals surface area contributed by atoms with Gasteiger partial charge in [-0.05, 0) is 25.0 Å². The van der Waals surface area contributed by atoms with Crippen LogP contribution >= 0.6 is 11.8 Å². The summed E-state index contributed by atoms with van der Waals surface area (Å²) >= 11 is 2.07. The van der Waals surface area contributed by atoms with Crippen LogP contribution in [0.1, 0.15) is 27.2 Å². The number of allylic oxidation sites excluding steroid dienone is 1. The van der Waals surface area contributed by atoms with Crippen molar-refractivity contribution in [2.75, 3.05) is 11.5 Å². The molecule has 0 saturated carbocycles. The fourth-order valence-corrected chi connectivity index (χ4v) is 2.34. The Morgan fingerprint density at radius 2 is 2.20 bits per heavy atom. The summed E-state index contributed by atoms with van der Waals surface area (Å²) in [6.45, 7) is 6.85. The largest absolute Gasteiger partial charge is 0.157 e. The maximum Gasteiger partial charge on any atom is 0.0146 e. The molecule has 0 aromatic rings. The quantitative estimate of drug-likeness (QED) is 0.526. The second-order valence-corrected chi connectivity index (χ2v) is 4.35. The molecule has 0 nitrogen and oxygen atoms in total. The Labute approximate surface area is 68.1 Å². The molecule has 0 unspecified atom stereocenters. The van der Waals surface area contributed by atoms with Crippen molar-refractivity contribution < 1.29 is 0 Å². The van der Waals surface area contributed by atoms with E-state index in [0.717, 1.165) is 5.92 Å². The second kappa shape index (κ2) is 3.47. The molecule has 1 rings (SSSR count). The molecule has 0 aromatic heterocycles. The number of thioether (sulfide) groups is 1. The van der Waals surface area contributed by atoms with Gasteiger partial charge in [0.15, 0.2) is 0 Å². The third-order valence-corrected chi connectivity index (χ3v) is 3.29. The average molecular weight is 156 g/mol.